The zero-order valence-electron chi connectivity index (χ0n) is 11.9. The fraction of sp³-hybridized carbons (Fsp3) is 0.222. The molecule has 1 unspecified atom stereocenters. The van der Waals surface area contributed by atoms with Crippen LogP contribution in [0.2, 0.25) is 0 Å². The third kappa shape index (κ3) is 3.84. The molecule has 0 aromatic heterocycles. The summed E-state index contributed by atoms with van der Waals surface area (Å²) >= 11 is 0. The Labute approximate surface area is 125 Å². The van der Waals surface area contributed by atoms with Crippen molar-refractivity contribution in [1.82, 2.24) is 0 Å². The van der Waals surface area contributed by atoms with E-state index in [1.165, 1.54) is 0 Å². The molecular weight excluding hydrogens is 260 g/mol. The third-order valence-corrected chi connectivity index (χ3v) is 3.33. The van der Waals surface area contributed by atoms with Gasteiger partial charge in [0.15, 0.2) is 0 Å². The van der Waals surface area contributed by atoms with Crippen LogP contribution in [0.15, 0.2) is 48.5 Å². The first-order chi connectivity index (χ1) is 10.2. The molecule has 0 fully saturated rings. The van der Waals surface area contributed by atoms with Crippen LogP contribution < -0.4 is 4.74 Å². The van der Waals surface area contributed by atoms with Crippen LogP contribution >= 0.6 is 0 Å². The number of benzene rings is 2. The number of nitrogens with zero attached hydrogens (tertiary/aromatic N) is 2. The van der Waals surface area contributed by atoms with Gasteiger partial charge in [-0.2, -0.15) is 10.5 Å². The van der Waals surface area contributed by atoms with Gasteiger partial charge in [-0.1, -0.05) is 30.3 Å². The summed E-state index contributed by atoms with van der Waals surface area (Å²) in [5, 5.41) is 18.2. The number of aryl methyl sites for hydroxylation is 1. The van der Waals surface area contributed by atoms with E-state index < -0.39 is 0 Å². The third-order valence-electron chi connectivity index (χ3n) is 3.33. The lowest BCUT2D eigenvalue weighted by atomic mass is 9.96. The molecule has 0 saturated carbocycles. The summed E-state index contributed by atoms with van der Waals surface area (Å²) < 4.78 is 5.73. The zero-order chi connectivity index (χ0) is 15.1. The van der Waals surface area contributed by atoms with Crippen LogP contribution in [0, 0.1) is 29.6 Å². The van der Waals surface area contributed by atoms with Crippen molar-refractivity contribution in [2.45, 2.75) is 19.3 Å². The minimum Gasteiger partial charge on any atom is -0.493 e. The number of hydrogen-bond donors (Lipinski definition) is 0. The molecule has 0 N–H and O–H groups in total. The van der Waals surface area contributed by atoms with Crippen molar-refractivity contribution >= 4 is 0 Å². The molecule has 0 aliphatic carbocycles. The Morgan fingerprint density at radius 3 is 2.62 bits per heavy atom. The highest BCUT2D eigenvalue weighted by Gasteiger charge is 2.11. The van der Waals surface area contributed by atoms with Gasteiger partial charge in [0.1, 0.15) is 5.75 Å². The average Bonchev–Trinajstić information content (AvgIpc) is 2.53. The van der Waals surface area contributed by atoms with E-state index in [1.54, 1.807) is 18.2 Å². The number of para-hydroxylation sites is 1. The predicted molar refractivity (Wildman–Crippen MR) is 80.8 cm³/mol. The summed E-state index contributed by atoms with van der Waals surface area (Å²) in [4.78, 5) is 0. The van der Waals surface area contributed by atoms with Gasteiger partial charge < -0.3 is 4.74 Å². The van der Waals surface area contributed by atoms with E-state index >= 15 is 0 Å². The zero-order valence-corrected chi connectivity index (χ0v) is 11.9. The topological polar surface area (TPSA) is 56.8 Å². The summed E-state index contributed by atoms with van der Waals surface area (Å²) in [7, 11) is 0. The summed E-state index contributed by atoms with van der Waals surface area (Å²) in [6.07, 6.45) is 0.597. The summed E-state index contributed by atoms with van der Waals surface area (Å²) in [6.45, 7) is 2.47. The van der Waals surface area contributed by atoms with Crippen LogP contribution in [-0.2, 0) is 0 Å². The quantitative estimate of drug-likeness (QED) is 0.831. The Morgan fingerprint density at radius 2 is 1.90 bits per heavy atom. The molecule has 21 heavy (non-hydrogen) atoms. The first kappa shape index (κ1) is 14.6. The second-order valence-electron chi connectivity index (χ2n) is 4.82. The lowest BCUT2D eigenvalue weighted by Gasteiger charge is -2.12. The number of ether oxygens (including phenoxy) is 1. The molecule has 2 aromatic carbocycles. The minimum absolute atomic E-state index is 0.262. The molecule has 2 rings (SSSR count). The highest BCUT2D eigenvalue weighted by Crippen LogP contribution is 2.22. The van der Waals surface area contributed by atoms with Gasteiger partial charge in [0.25, 0.3) is 0 Å². The second kappa shape index (κ2) is 7.12. The van der Waals surface area contributed by atoms with E-state index in [-0.39, 0.29) is 5.92 Å². The largest absolute Gasteiger partial charge is 0.493 e. The molecule has 0 aliphatic heterocycles. The molecule has 3 heteroatoms. The normalized spacial score (nSPS) is 11.2. The van der Waals surface area contributed by atoms with Gasteiger partial charge in [-0.05, 0) is 36.2 Å². The van der Waals surface area contributed by atoms with Crippen molar-refractivity contribution in [1.29, 1.82) is 10.5 Å². The van der Waals surface area contributed by atoms with Crippen molar-refractivity contribution in [3.8, 4) is 17.9 Å². The Morgan fingerprint density at radius 1 is 1.10 bits per heavy atom. The second-order valence-corrected chi connectivity index (χ2v) is 4.82. The Balaban J connectivity index is 1.99. The molecule has 1 atom stereocenters. The number of rotatable bonds is 5. The van der Waals surface area contributed by atoms with E-state index in [0.717, 1.165) is 16.9 Å². The average molecular weight is 276 g/mol. The van der Waals surface area contributed by atoms with Crippen molar-refractivity contribution in [2.75, 3.05) is 6.61 Å². The highest BCUT2D eigenvalue weighted by atomic mass is 16.5. The molecule has 0 radical (unpaired) electrons. The molecule has 0 amide bonds. The highest BCUT2D eigenvalue weighted by molar-refractivity contribution is 5.36. The number of hydrogen-bond acceptors (Lipinski definition) is 3. The molecule has 3 nitrogen and oxygen atoms in total. The van der Waals surface area contributed by atoms with Crippen LogP contribution in [0.1, 0.15) is 29.0 Å². The van der Waals surface area contributed by atoms with Crippen LogP contribution in [0.3, 0.4) is 0 Å². The van der Waals surface area contributed by atoms with Gasteiger partial charge in [-0.25, -0.2) is 0 Å². The Kier molecular flexibility index (Phi) is 4.96. The van der Waals surface area contributed by atoms with Crippen LogP contribution in [0.25, 0.3) is 0 Å². The fourth-order valence-corrected chi connectivity index (χ4v) is 2.14. The van der Waals surface area contributed by atoms with Gasteiger partial charge in [0, 0.05) is 6.42 Å². The molecule has 0 spiro atoms. The molecule has 0 aliphatic rings. The maximum atomic E-state index is 9.31. The standard InChI is InChI=1S/C18H16N2O/c1-14-5-2-3-8-18(14)21-10-9-17(13-20)16-7-4-6-15(11-16)12-19/h2-8,11,17H,9-10H2,1H3. The van der Waals surface area contributed by atoms with Gasteiger partial charge >= 0.3 is 0 Å². The van der Waals surface area contributed by atoms with E-state index in [1.807, 2.05) is 37.3 Å². The van der Waals surface area contributed by atoms with Crippen LogP contribution in [0.4, 0.5) is 0 Å². The van der Waals surface area contributed by atoms with E-state index in [2.05, 4.69) is 12.1 Å². The molecule has 0 saturated heterocycles. The fourth-order valence-electron chi connectivity index (χ4n) is 2.14. The maximum absolute atomic E-state index is 9.31. The first-order valence-electron chi connectivity index (χ1n) is 6.82. The predicted octanol–water partition coefficient (Wildman–Crippen LogP) is 3.94. The lowest BCUT2D eigenvalue weighted by Crippen LogP contribution is -2.05. The molecule has 0 bridgehead atoms. The Hall–Kier alpha value is -2.78. The molecule has 2 aromatic rings. The van der Waals surface area contributed by atoms with Crippen LogP contribution in [0.5, 0.6) is 5.75 Å². The molecular formula is C18H16N2O. The summed E-state index contributed by atoms with van der Waals surface area (Å²) in [5.74, 6) is 0.585. The summed E-state index contributed by atoms with van der Waals surface area (Å²) in [6, 6.07) is 19.4. The summed E-state index contributed by atoms with van der Waals surface area (Å²) in [5.41, 5.74) is 2.52. The Bertz CT molecular complexity index is 695. The SMILES string of the molecule is Cc1ccccc1OCCC(C#N)c1cccc(C#N)c1. The van der Waals surface area contributed by atoms with Gasteiger partial charge in [0.2, 0.25) is 0 Å². The van der Waals surface area contributed by atoms with Gasteiger partial charge in [0.05, 0.1) is 30.2 Å². The molecule has 0 heterocycles. The van der Waals surface area contributed by atoms with E-state index in [4.69, 9.17) is 10.00 Å². The van der Waals surface area contributed by atoms with Gasteiger partial charge in [-0.3, -0.25) is 0 Å². The molecule has 104 valence electrons. The van der Waals surface area contributed by atoms with E-state index in [9.17, 15) is 5.26 Å². The maximum Gasteiger partial charge on any atom is 0.122 e. The van der Waals surface area contributed by atoms with Crippen LogP contribution in [-0.4, -0.2) is 6.61 Å². The lowest BCUT2D eigenvalue weighted by molar-refractivity contribution is 0.304. The van der Waals surface area contributed by atoms with Crippen molar-refractivity contribution in [3.05, 3.63) is 65.2 Å². The van der Waals surface area contributed by atoms with Crippen molar-refractivity contribution < 1.29 is 4.74 Å². The monoisotopic (exact) mass is 276 g/mol. The first-order valence-corrected chi connectivity index (χ1v) is 6.82. The van der Waals surface area contributed by atoms with Gasteiger partial charge in [-0.15, -0.1) is 0 Å². The number of nitriles is 2. The minimum atomic E-state index is -0.262. The van der Waals surface area contributed by atoms with Crippen molar-refractivity contribution in [2.24, 2.45) is 0 Å². The van der Waals surface area contributed by atoms with E-state index in [0.29, 0.717) is 18.6 Å². The van der Waals surface area contributed by atoms with Crippen molar-refractivity contribution in [3.63, 3.8) is 0 Å². The smallest absolute Gasteiger partial charge is 0.122 e.